The van der Waals surface area contributed by atoms with Crippen LogP contribution in [0.25, 0.3) is 0 Å². The van der Waals surface area contributed by atoms with Crippen molar-refractivity contribution >= 4 is 17.7 Å². The zero-order valence-corrected chi connectivity index (χ0v) is 10.1. The maximum Gasteiger partial charge on any atom is 0.316 e. The monoisotopic (exact) mass is 242 g/mol. The van der Waals surface area contributed by atoms with Gasteiger partial charge >= 0.3 is 5.97 Å². The van der Waals surface area contributed by atoms with E-state index >= 15 is 0 Å². The van der Waals surface area contributed by atoms with E-state index in [1.807, 2.05) is 6.92 Å². The Morgan fingerprint density at radius 1 is 1.38 bits per heavy atom. The highest BCUT2D eigenvalue weighted by atomic mass is 32.2. The normalized spacial score (nSPS) is 10.1. The molecule has 0 radical (unpaired) electrons. The summed E-state index contributed by atoms with van der Waals surface area (Å²) >= 11 is 1.35. The minimum atomic E-state index is -0.269. The second kappa shape index (κ2) is 7.28. The number of thioether (sulfide) groups is 1. The van der Waals surface area contributed by atoms with Gasteiger partial charge in [-0.3, -0.25) is 4.79 Å². The van der Waals surface area contributed by atoms with Crippen LogP contribution >= 0.6 is 11.8 Å². The molecule has 4 heteroatoms. The van der Waals surface area contributed by atoms with E-state index in [1.54, 1.807) is 12.1 Å². The van der Waals surface area contributed by atoms with Crippen molar-refractivity contribution in [1.29, 1.82) is 0 Å². The largest absolute Gasteiger partial charge is 0.465 e. The Kier molecular flexibility index (Phi) is 5.93. The summed E-state index contributed by atoms with van der Waals surface area (Å²) in [7, 11) is 0. The lowest BCUT2D eigenvalue weighted by Gasteiger charge is -2.03. The first kappa shape index (κ1) is 13.0. The van der Waals surface area contributed by atoms with Crippen LogP contribution in [0.4, 0.5) is 4.39 Å². The van der Waals surface area contributed by atoms with Crippen molar-refractivity contribution in [3.05, 3.63) is 30.1 Å². The number of rotatable bonds is 6. The fraction of sp³-hybridized carbons (Fsp3) is 0.417. The van der Waals surface area contributed by atoms with Gasteiger partial charge in [-0.2, -0.15) is 0 Å². The predicted molar refractivity (Wildman–Crippen MR) is 63.0 cm³/mol. The highest BCUT2D eigenvalue weighted by Crippen LogP contribution is 2.17. The van der Waals surface area contributed by atoms with E-state index in [1.165, 1.54) is 23.9 Å². The second-order valence-electron chi connectivity index (χ2n) is 3.32. The van der Waals surface area contributed by atoms with Gasteiger partial charge in [0.05, 0.1) is 12.4 Å². The first-order chi connectivity index (χ1) is 7.72. The first-order valence-electron chi connectivity index (χ1n) is 5.26. The smallest absolute Gasteiger partial charge is 0.316 e. The Labute approximate surface area is 99.2 Å². The highest BCUT2D eigenvalue weighted by molar-refractivity contribution is 8.00. The van der Waals surface area contributed by atoms with Crippen LogP contribution in [-0.4, -0.2) is 18.3 Å². The van der Waals surface area contributed by atoms with Crippen LogP contribution in [0, 0.1) is 5.82 Å². The average Bonchev–Trinajstić information content (AvgIpc) is 2.29. The number of carbonyl (C=O) groups excluding carboxylic acids is 1. The fourth-order valence-electron chi connectivity index (χ4n) is 1.05. The highest BCUT2D eigenvalue weighted by Gasteiger charge is 2.03. The second-order valence-corrected chi connectivity index (χ2v) is 4.37. The van der Waals surface area contributed by atoms with Crippen LogP contribution in [0.3, 0.4) is 0 Å². The van der Waals surface area contributed by atoms with Crippen molar-refractivity contribution in [1.82, 2.24) is 0 Å². The molecule has 0 N–H and O–H groups in total. The predicted octanol–water partition coefficient (Wildman–Crippen LogP) is 3.26. The van der Waals surface area contributed by atoms with Gasteiger partial charge in [-0.15, -0.1) is 11.8 Å². The lowest BCUT2D eigenvalue weighted by molar-refractivity contribution is -0.140. The quantitative estimate of drug-likeness (QED) is 0.435. The van der Waals surface area contributed by atoms with Gasteiger partial charge in [0.2, 0.25) is 0 Å². The number of benzene rings is 1. The summed E-state index contributed by atoms with van der Waals surface area (Å²) in [5, 5.41) is 0. The third-order valence-corrected chi connectivity index (χ3v) is 2.92. The SMILES string of the molecule is CCCCOC(=O)CSc1ccc(F)cc1. The van der Waals surface area contributed by atoms with E-state index in [0.29, 0.717) is 6.61 Å². The summed E-state index contributed by atoms with van der Waals surface area (Å²) in [4.78, 5) is 12.1. The molecular formula is C12H15FO2S. The number of ether oxygens (including phenoxy) is 1. The summed E-state index contributed by atoms with van der Waals surface area (Å²) in [6.07, 6.45) is 1.91. The van der Waals surface area contributed by atoms with Crippen LogP contribution in [0.5, 0.6) is 0 Å². The molecule has 0 aromatic heterocycles. The molecule has 0 aliphatic carbocycles. The molecule has 0 bridgehead atoms. The van der Waals surface area contributed by atoms with Crippen molar-refractivity contribution in [2.24, 2.45) is 0 Å². The molecule has 16 heavy (non-hydrogen) atoms. The summed E-state index contributed by atoms with van der Waals surface area (Å²) in [5.74, 6) is -0.215. The van der Waals surface area contributed by atoms with E-state index in [-0.39, 0.29) is 17.5 Å². The third kappa shape index (κ3) is 5.16. The standard InChI is InChI=1S/C12H15FO2S/c1-2-3-8-15-12(14)9-16-11-6-4-10(13)5-7-11/h4-7H,2-3,8-9H2,1H3. The van der Waals surface area contributed by atoms with Crippen molar-refractivity contribution in [2.75, 3.05) is 12.4 Å². The summed E-state index contributed by atoms with van der Waals surface area (Å²) < 4.78 is 17.6. The van der Waals surface area contributed by atoms with Crippen LogP contribution in [0.2, 0.25) is 0 Å². The van der Waals surface area contributed by atoms with Crippen molar-refractivity contribution in [2.45, 2.75) is 24.7 Å². The molecule has 1 aromatic rings. The maximum absolute atomic E-state index is 12.6. The number of esters is 1. The molecule has 88 valence electrons. The van der Waals surface area contributed by atoms with Gasteiger partial charge in [0.25, 0.3) is 0 Å². The van der Waals surface area contributed by atoms with E-state index < -0.39 is 0 Å². The molecule has 0 fully saturated rings. The molecule has 0 aliphatic heterocycles. The number of halogens is 1. The van der Waals surface area contributed by atoms with Crippen LogP contribution in [-0.2, 0) is 9.53 Å². The molecule has 0 heterocycles. The molecule has 0 saturated heterocycles. The third-order valence-electron chi connectivity index (χ3n) is 1.93. The molecule has 0 atom stereocenters. The van der Waals surface area contributed by atoms with Crippen LogP contribution in [0.1, 0.15) is 19.8 Å². The van der Waals surface area contributed by atoms with E-state index in [2.05, 4.69) is 0 Å². The van der Waals surface area contributed by atoms with Crippen molar-refractivity contribution in [3.63, 3.8) is 0 Å². The molecule has 1 rings (SSSR count). The zero-order chi connectivity index (χ0) is 11.8. The van der Waals surface area contributed by atoms with Gasteiger partial charge in [-0.25, -0.2) is 4.39 Å². The van der Waals surface area contributed by atoms with Gasteiger partial charge in [0.1, 0.15) is 5.82 Å². The first-order valence-corrected chi connectivity index (χ1v) is 6.25. The van der Waals surface area contributed by atoms with E-state index in [0.717, 1.165) is 17.7 Å². The summed E-state index contributed by atoms with van der Waals surface area (Å²) in [6, 6.07) is 6.06. The Morgan fingerprint density at radius 3 is 2.69 bits per heavy atom. The number of hydrogen-bond donors (Lipinski definition) is 0. The van der Waals surface area contributed by atoms with Crippen LogP contribution in [0.15, 0.2) is 29.2 Å². The van der Waals surface area contributed by atoms with Gasteiger partial charge in [0.15, 0.2) is 0 Å². The average molecular weight is 242 g/mol. The van der Waals surface area contributed by atoms with Gasteiger partial charge in [-0.05, 0) is 30.7 Å². The Morgan fingerprint density at radius 2 is 2.06 bits per heavy atom. The lowest BCUT2D eigenvalue weighted by Crippen LogP contribution is -2.08. The molecule has 0 spiro atoms. The minimum absolute atomic E-state index is 0.220. The van der Waals surface area contributed by atoms with Gasteiger partial charge in [-0.1, -0.05) is 13.3 Å². The summed E-state index contributed by atoms with van der Waals surface area (Å²) in [5.41, 5.74) is 0. The van der Waals surface area contributed by atoms with E-state index in [9.17, 15) is 9.18 Å². The van der Waals surface area contributed by atoms with Gasteiger partial charge < -0.3 is 4.74 Å². The molecule has 1 aromatic carbocycles. The number of carbonyl (C=O) groups is 1. The molecule has 0 unspecified atom stereocenters. The zero-order valence-electron chi connectivity index (χ0n) is 9.24. The Hall–Kier alpha value is -1.03. The number of hydrogen-bond acceptors (Lipinski definition) is 3. The lowest BCUT2D eigenvalue weighted by atomic mass is 10.4. The molecular weight excluding hydrogens is 227 g/mol. The van der Waals surface area contributed by atoms with E-state index in [4.69, 9.17) is 4.74 Å². The Balaban J connectivity index is 2.23. The molecule has 0 saturated carbocycles. The maximum atomic E-state index is 12.6. The fourth-order valence-corrected chi connectivity index (χ4v) is 1.74. The minimum Gasteiger partial charge on any atom is -0.465 e. The van der Waals surface area contributed by atoms with Crippen molar-refractivity contribution < 1.29 is 13.9 Å². The van der Waals surface area contributed by atoms with Crippen LogP contribution < -0.4 is 0 Å². The topological polar surface area (TPSA) is 26.3 Å². The summed E-state index contributed by atoms with van der Waals surface area (Å²) in [6.45, 7) is 2.53. The number of unbranched alkanes of at least 4 members (excludes halogenated alkanes) is 1. The molecule has 2 nitrogen and oxygen atoms in total. The van der Waals surface area contributed by atoms with Crippen molar-refractivity contribution in [3.8, 4) is 0 Å². The van der Waals surface area contributed by atoms with Gasteiger partial charge in [0, 0.05) is 4.90 Å². The molecule has 0 aliphatic rings. The Bertz CT molecular complexity index is 324. The molecule has 0 amide bonds.